The molecule has 106 valence electrons. The van der Waals surface area contributed by atoms with E-state index in [1.54, 1.807) is 6.92 Å². The molecule has 1 rings (SSSR count). The van der Waals surface area contributed by atoms with Gasteiger partial charge in [0.2, 0.25) is 0 Å². The van der Waals surface area contributed by atoms with Crippen LogP contribution in [0.4, 0.5) is 10.1 Å². The highest BCUT2D eigenvalue weighted by atomic mass is 19.1. The molecule has 0 spiro atoms. The Morgan fingerprint density at radius 1 is 1.47 bits per heavy atom. The van der Waals surface area contributed by atoms with Crippen LogP contribution in [-0.2, 0) is 4.74 Å². The Morgan fingerprint density at radius 3 is 2.79 bits per heavy atom. The maximum Gasteiger partial charge on any atom is 0.254 e. The molecule has 4 nitrogen and oxygen atoms in total. The molecule has 0 unspecified atom stereocenters. The minimum atomic E-state index is -0.533. The fraction of sp³-hybridized carbons (Fsp3) is 0.500. The lowest BCUT2D eigenvalue weighted by atomic mass is 10.1. The van der Waals surface area contributed by atoms with Crippen molar-refractivity contribution in [3.8, 4) is 0 Å². The van der Waals surface area contributed by atoms with Crippen molar-refractivity contribution < 1.29 is 13.9 Å². The molecule has 5 heteroatoms. The number of nitrogens with two attached hydrogens (primary N) is 1. The van der Waals surface area contributed by atoms with Crippen LogP contribution in [0.15, 0.2) is 12.1 Å². The summed E-state index contributed by atoms with van der Waals surface area (Å²) in [5, 5.41) is 2.61. The van der Waals surface area contributed by atoms with Crippen molar-refractivity contribution in [1.82, 2.24) is 5.32 Å². The number of hydrogen-bond acceptors (Lipinski definition) is 3. The SMILES string of the molecule is Cc1cc(N)cc(C(=O)NCCOCC(C)C)c1F. The van der Waals surface area contributed by atoms with Crippen molar-refractivity contribution in [3.63, 3.8) is 0 Å². The zero-order valence-electron chi connectivity index (χ0n) is 11.6. The largest absolute Gasteiger partial charge is 0.399 e. The Labute approximate surface area is 113 Å². The van der Waals surface area contributed by atoms with E-state index in [4.69, 9.17) is 10.5 Å². The maximum absolute atomic E-state index is 13.8. The van der Waals surface area contributed by atoms with E-state index in [-0.39, 0.29) is 5.56 Å². The fourth-order valence-corrected chi connectivity index (χ4v) is 1.61. The molecule has 3 N–H and O–H groups in total. The molecule has 1 aromatic rings. The zero-order valence-corrected chi connectivity index (χ0v) is 11.6. The van der Waals surface area contributed by atoms with E-state index in [1.165, 1.54) is 12.1 Å². The van der Waals surface area contributed by atoms with E-state index in [0.29, 0.717) is 36.9 Å². The smallest absolute Gasteiger partial charge is 0.254 e. The molecule has 0 aliphatic carbocycles. The van der Waals surface area contributed by atoms with Crippen LogP contribution in [0.5, 0.6) is 0 Å². The molecule has 0 aromatic heterocycles. The second kappa shape index (κ2) is 7.09. The third-order valence-electron chi connectivity index (χ3n) is 2.50. The van der Waals surface area contributed by atoms with Gasteiger partial charge >= 0.3 is 0 Å². The van der Waals surface area contributed by atoms with Crippen molar-refractivity contribution in [2.45, 2.75) is 20.8 Å². The van der Waals surface area contributed by atoms with Gasteiger partial charge in [0.25, 0.3) is 5.91 Å². The van der Waals surface area contributed by atoms with Gasteiger partial charge in [0, 0.05) is 18.8 Å². The summed E-state index contributed by atoms with van der Waals surface area (Å²) in [6.07, 6.45) is 0. The molecular formula is C14H21FN2O2. The Hall–Kier alpha value is -1.62. The molecule has 0 atom stereocenters. The average molecular weight is 268 g/mol. The topological polar surface area (TPSA) is 64.4 Å². The Morgan fingerprint density at radius 2 is 2.16 bits per heavy atom. The number of rotatable bonds is 6. The van der Waals surface area contributed by atoms with Crippen LogP contribution in [0.1, 0.15) is 29.8 Å². The number of nitrogen functional groups attached to an aromatic ring is 1. The van der Waals surface area contributed by atoms with Crippen molar-refractivity contribution in [1.29, 1.82) is 0 Å². The quantitative estimate of drug-likeness (QED) is 0.613. The first-order valence-electron chi connectivity index (χ1n) is 6.33. The average Bonchev–Trinajstić information content (AvgIpc) is 2.32. The van der Waals surface area contributed by atoms with E-state index >= 15 is 0 Å². The van der Waals surface area contributed by atoms with Gasteiger partial charge in [0.1, 0.15) is 5.82 Å². The monoisotopic (exact) mass is 268 g/mol. The van der Waals surface area contributed by atoms with E-state index in [0.717, 1.165) is 0 Å². The van der Waals surface area contributed by atoms with Crippen LogP contribution in [-0.4, -0.2) is 25.7 Å². The third-order valence-corrected chi connectivity index (χ3v) is 2.50. The summed E-state index contributed by atoms with van der Waals surface area (Å²) in [6.45, 7) is 7.06. The highest BCUT2D eigenvalue weighted by Crippen LogP contribution is 2.16. The summed E-state index contributed by atoms with van der Waals surface area (Å²) in [5.74, 6) is -0.555. The van der Waals surface area contributed by atoms with Crippen LogP contribution in [0, 0.1) is 18.7 Å². The highest BCUT2D eigenvalue weighted by Gasteiger charge is 2.14. The van der Waals surface area contributed by atoms with E-state index < -0.39 is 11.7 Å². The predicted octanol–water partition coefficient (Wildman–Crippen LogP) is 2.12. The lowest BCUT2D eigenvalue weighted by Crippen LogP contribution is -2.28. The van der Waals surface area contributed by atoms with Crippen LogP contribution < -0.4 is 11.1 Å². The van der Waals surface area contributed by atoms with Crippen LogP contribution >= 0.6 is 0 Å². The van der Waals surface area contributed by atoms with Crippen molar-refractivity contribution in [3.05, 3.63) is 29.1 Å². The van der Waals surface area contributed by atoms with E-state index in [2.05, 4.69) is 5.32 Å². The number of aryl methyl sites for hydroxylation is 1. The number of halogens is 1. The number of ether oxygens (including phenoxy) is 1. The molecule has 0 bridgehead atoms. The predicted molar refractivity (Wildman–Crippen MR) is 73.5 cm³/mol. The summed E-state index contributed by atoms with van der Waals surface area (Å²) >= 11 is 0. The van der Waals surface area contributed by atoms with Gasteiger partial charge in [-0.15, -0.1) is 0 Å². The number of amides is 1. The summed E-state index contributed by atoms with van der Waals surface area (Å²) in [5.41, 5.74) is 6.32. The van der Waals surface area contributed by atoms with Crippen molar-refractivity contribution in [2.24, 2.45) is 5.92 Å². The number of hydrogen-bond donors (Lipinski definition) is 2. The van der Waals surface area contributed by atoms with Gasteiger partial charge in [-0.1, -0.05) is 13.8 Å². The molecule has 1 amide bonds. The molecule has 0 saturated heterocycles. The number of benzene rings is 1. The molecule has 19 heavy (non-hydrogen) atoms. The van der Waals surface area contributed by atoms with Crippen molar-refractivity contribution >= 4 is 11.6 Å². The molecule has 0 heterocycles. The van der Waals surface area contributed by atoms with Gasteiger partial charge in [-0.05, 0) is 30.5 Å². The van der Waals surface area contributed by atoms with Gasteiger partial charge in [-0.3, -0.25) is 4.79 Å². The molecular weight excluding hydrogens is 247 g/mol. The first-order valence-corrected chi connectivity index (χ1v) is 6.33. The minimum absolute atomic E-state index is 0.0265. The van der Waals surface area contributed by atoms with Gasteiger partial charge in [-0.2, -0.15) is 0 Å². The Bertz CT molecular complexity index is 447. The molecule has 0 aliphatic rings. The van der Waals surface area contributed by atoms with Gasteiger partial charge in [0.05, 0.1) is 12.2 Å². The third kappa shape index (κ3) is 4.87. The maximum atomic E-state index is 13.8. The van der Waals surface area contributed by atoms with E-state index in [1.807, 2.05) is 13.8 Å². The van der Waals surface area contributed by atoms with Gasteiger partial charge in [0.15, 0.2) is 0 Å². The molecule has 0 saturated carbocycles. The van der Waals surface area contributed by atoms with Gasteiger partial charge in [-0.25, -0.2) is 4.39 Å². The first-order chi connectivity index (χ1) is 8.91. The lowest BCUT2D eigenvalue weighted by molar-refractivity contribution is 0.0883. The molecule has 0 radical (unpaired) electrons. The Balaban J connectivity index is 2.50. The minimum Gasteiger partial charge on any atom is -0.399 e. The first kappa shape index (κ1) is 15.4. The standard InChI is InChI=1S/C14H21FN2O2/c1-9(2)8-19-5-4-17-14(18)12-7-11(16)6-10(3)13(12)15/h6-7,9H,4-5,8,16H2,1-3H3,(H,17,18). The number of carbonyl (C=O) groups is 1. The number of carbonyl (C=O) groups excluding carboxylic acids is 1. The van der Waals surface area contributed by atoms with Gasteiger partial charge < -0.3 is 15.8 Å². The van der Waals surface area contributed by atoms with Crippen LogP contribution in [0.25, 0.3) is 0 Å². The molecule has 1 aromatic carbocycles. The van der Waals surface area contributed by atoms with E-state index in [9.17, 15) is 9.18 Å². The van der Waals surface area contributed by atoms with Crippen LogP contribution in [0.2, 0.25) is 0 Å². The molecule has 0 aliphatic heterocycles. The lowest BCUT2D eigenvalue weighted by Gasteiger charge is -2.10. The highest BCUT2D eigenvalue weighted by molar-refractivity contribution is 5.95. The summed E-state index contributed by atoms with van der Waals surface area (Å²) < 4.78 is 19.1. The number of nitrogens with one attached hydrogen (secondary N) is 1. The number of anilines is 1. The van der Waals surface area contributed by atoms with Crippen molar-refractivity contribution in [2.75, 3.05) is 25.5 Å². The zero-order chi connectivity index (χ0) is 14.4. The summed E-state index contributed by atoms with van der Waals surface area (Å²) in [6, 6.07) is 2.84. The molecule has 0 fully saturated rings. The second-order valence-electron chi connectivity index (χ2n) is 4.92. The van der Waals surface area contributed by atoms with Crippen LogP contribution in [0.3, 0.4) is 0 Å². The summed E-state index contributed by atoms with van der Waals surface area (Å²) in [4.78, 5) is 11.8. The summed E-state index contributed by atoms with van der Waals surface area (Å²) in [7, 11) is 0. The normalized spacial score (nSPS) is 10.8. The Kier molecular flexibility index (Phi) is 5.76. The second-order valence-corrected chi connectivity index (χ2v) is 4.92. The fourth-order valence-electron chi connectivity index (χ4n) is 1.61.